The molecule has 0 saturated carbocycles. The number of rotatable bonds is 10. The summed E-state index contributed by atoms with van der Waals surface area (Å²) in [4.78, 5) is 62.6. The fraction of sp³-hybridized carbons (Fsp3) is 0. The maximum atomic E-state index is 11.9. The van der Waals surface area contributed by atoms with Crippen LogP contribution in [0.25, 0.3) is 0 Å². The Bertz CT molecular complexity index is 1360. The molecule has 3 aromatic carbocycles. The molecule has 38 heavy (non-hydrogen) atoms. The van der Waals surface area contributed by atoms with Gasteiger partial charge in [0.2, 0.25) is 11.4 Å². The van der Waals surface area contributed by atoms with Gasteiger partial charge in [-0.25, -0.2) is 5.01 Å². The van der Waals surface area contributed by atoms with Gasteiger partial charge in [-0.2, -0.15) is 0 Å². The minimum absolute atomic E-state index is 0.0589. The van der Waals surface area contributed by atoms with Crippen LogP contribution in [0.4, 0.5) is 51.2 Å². The molecular weight excluding hydrogens is 520 g/mol. The zero-order valence-electron chi connectivity index (χ0n) is 18.2. The average molecular weight is 530 g/mol. The molecule has 1 N–H and O–H groups in total. The summed E-state index contributed by atoms with van der Waals surface area (Å²) in [7, 11) is 0. The van der Waals surface area contributed by atoms with Crippen molar-refractivity contribution in [3.05, 3.63) is 115 Å². The van der Waals surface area contributed by atoms with Crippen molar-refractivity contribution in [3.8, 4) is 0 Å². The predicted octanol–water partition coefficient (Wildman–Crippen LogP) is 4.30. The standard InChI is InChI=1S/C18H10N8O12/c27-21(28)11-6-13(23(31)32)17(14(7-11)24(33)34)20(19-10-4-2-1-3-5-10)18-15(25(35)36)8-12(22(29)30)9-16(18)26(37)38/h1-9,19H. The predicted molar refractivity (Wildman–Crippen MR) is 125 cm³/mol. The second kappa shape index (κ2) is 10.1. The van der Waals surface area contributed by atoms with Gasteiger partial charge in [-0.1, -0.05) is 18.2 Å². The molecule has 0 atom stereocenters. The first-order valence-electron chi connectivity index (χ1n) is 9.67. The van der Waals surface area contributed by atoms with Crippen molar-refractivity contribution < 1.29 is 29.5 Å². The van der Waals surface area contributed by atoms with E-state index < -0.39 is 75.0 Å². The molecule has 0 saturated heterocycles. The molecule has 194 valence electrons. The van der Waals surface area contributed by atoms with E-state index in [0.717, 1.165) is 0 Å². The molecule has 0 aliphatic rings. The minimum atomic E-state index is -1.34. The Kier molecular flexibility index (Phi) is 6.99. The second-order valence-corrected chi connectivity index (χ2v) is 7.02. The van der Waals surface area contributed by atoms with Gasteiger partial charge in [0, 0.05) is 0 Å². The molecule has 3 aromatic rings. The van der Waals surface area contributed by atoms with Crippen molar-refractivity contribution >= 4 is 51.2 Å². The maximum absolute atomic E-state index is 11.9. The normalized spacial score (nSPS) is 10.3. The molecule has 0 bridgehead atoms. The summed E-state index contributed by atoms with van der Waals surface area (Å²) in [5.74, 6) is 0. The maximum Gasteiger partial charge on any atom is 0.308 e. The molecule has 0 aliphatic heterocycles. The van der Waals surface area contributed by atoms with Gasteiger partial charge in [0.15, 0.2) is 0 Å². The van der Waals surface area contributed by atoms with E-state index in [1.807, 2.05) is 0 Å². The van der Waals surface area contributed by atoms with E-state index in [-0.39, 0.29) is 10.7 Å². The molecule has 0 unspecified atom stereocenters. The van der Waals surface area contributed by atoms with Gasteiger partial charge in [-0.05, 0) is 12.1 Å². The Labute approximate surface area is 207 Å². The first kappa shape index (κ1) is 26.3. The SMILES string of the molecule is O=[N+]([O-])c1cc([N+](=O)[O-])c(N(Nc2ccccc2)c2c([N+](=O)[O-])cc([N+](=O)[O-])cc2[N+](=O)[O-])c([N+](=O)[O-])c1. The minimum Gasteiger partial charge on any atom is -0.293 e. The highest BCUT2D eigenvalue weighted by molar-refractivity contribution is 5.91. The van der Waals surface area contributed by atoms with E-state index in [0.29, 0.717) is 24.3 Å². The topological polar surface area (TPSA) is 274 Å². The summed E-state index contributed by atoms with van der Waals surface area (Å²) in [5, 5.41) is 70.3. The number of hydrogen-bond donors (Lipinski definition) is 1. The van der Waals surface area contributed by atoms with Crippen molar-refractivity contribution in [3.63, 3.8) is 0 Å². The highest BCUT2D eigenvalue weighted by Crippen LogP contribution is 2.50. The fourth-order valence-electron chi connectivity index (χ4n) is 3.27. The summed E-state index contributed by atoms with van der Waals surface area (Å²) in [5.41, 5.74) is -7.58. The second-order valence-electron chi connectivity index (χ2n) is 7.02. The molecule has 0 aliphatic carbocycles. The first-order valence-corrected chi connectivity index (χ1v) is 9.67. The van der Waals surface area contributed by atoms with E-state index in [1.165, 1.54) is 30.3 Å². The van der Waals surface area contributed by atoms with Crippen molar-refractivity contribution in [2.24, 2.45) is 0 Å². The van der Waals surface area contributed by atoms with E-state index in [2.05, 4.69) is 5.43 Å². The number of nitro benzene ring substituents is 6. The molecule has 0 spiro atoms. The van der Waals surface area contributed by atoms with Crippen LogP contribution in [0.15, 0.2) is 54.6 Å². The van der Waals surface area contributed by atoms with Crippen LogP contribution in [0.5, 0.6) is 0 Å². The van der Waals surface area contributed by atoms with Crippen molar-refractivity contribution in [2.45, 2.75) is 0 Å². The Morgan fingerprint density at radius 2 is 0.816 bits per heavy atom. The zero-order valence-corrected chi connectivity index (χ0v) is 18.2. The van der Waals surface area contributed by atoms with Crippen LogP contribution in [0.3, 0.4) is 0 Å². The highest BCUT2D eigenvalue weighted by atomic mass is 16.6. The number of nitrogens with one attached hydrogen (secondary N) is 1. The van der Waals surface area contributed by atoms with Gasteiger partial charge in [0.1, 0.15) is 0 Å². The smallest absolute Gasteiger partial charge is 0.293 e. The lowest BCUT2D eigenvalue weighted by Crippen LogP contribution is -2.28. The van der Waals surface area contributed by atoms with Gasteiger partial charge >= 0.3 is 22.7 Å². The number of anilines is 3. The van der Waals surface area contributed by atoms with Crippen LogP contribution in [-0.4, -0.2) is 29.5 Å². The third-order valence-electron chi connectivity index (χ3n) is 4.78. The fourth-order valence-corrected chi connectivity index (χ4v) is 3.27. The van der Waals surface area contributed by atoms with Crippen LogP contribution in [0.1, 0.15) is 0 Å². The molecule has 0 heterocycles. The zero-order chi connectivity index (χ0) is 28.3. The summed E-state index contributed by atoms with van der Waals surface area (Å²) in [6, 6.07) is 8.10. The number of non-ortho nitro benzene ring substituents is 2. The lowest BCUT2D eigenvalue weighted by Gasteiger charge is -2.25. The summed E-state index contributed by atoms with van der Waals surface area (Å²) in [6.07, 6.45) is 0. The van der Waals surface area contributed by atoms with Crippen LogP contribution in [-0.2, 0) is 0 Å². The number of para-hydroxylation sites is 1. The number of benzene rings is 3. The monoisotopic (exact) mass is 530 g/mol. The quantitative estimate of drug-likeness (QED) is 0.282. The Morgan fingerprint density at radius 3 is 1.08 bits per heavy atom. The van der Waals surface area contributed by atoms with E-state index in [9.17, 15) is 60.7 Å². The summed E-state index contributed by atoms with van der Waals surface area (Å²) >= 11 is 0. The van der Waals surface area contributed by atoms with E-state index in [1.54, 1.807) is 0 Å². The third kappa shape index (κ3) is 5.02. The van der Waals surface area contributed by atoms with Gasteiger partial charge in [0.05, 0.1) is 59.5 Å². The van der Waals surface area contributed by atoms with Gasteiger partial charge in [-0.15, -0.1) is 0 Å². The molecule has 3 rings (SSSR count). The van der Waals surface area contributed by atoms with E-state index >= 15 is 0 Å². The summed E-state index contributed by atoms with van der Waals surface area (Å²) in [6.45, 7) is 0. The lowest BCUT2D eigenvalue weighted by molar-refractivity contribution is -0.402. The van der Waals surface area contributed by atoms with Gasteiger partial charge < -0.3 is 0 Å². The Morgan fingerprint density at radius 1 is 0.500 bits per heavy atom. The van der Waals surface area contributed by atoms with Gasteiger partial charge in [0.25, 0.3) is 11.4 Å². The van der Waals surface area contributed by atoms with Crippen LogP contribution in [0.2, 0.25) is 0 Å². The molecule has 0 radical (unpaired) electrons. The van der Waals surface area contributed by atoms with Crippen molar-refractivity contribution in [1.29, 1.82) is 0 Å². The van der Waals surface area contributed by atoms with Crippen LogP contribution < -0.4 is 10.4 Å². The van der Waals surface area contributed by atoms with Crippen LogP contribution in [0, 0.1) is 60.7 Å². The van der Waals surface area contributed by atoms with Crippen molar-refractivity contribution in [2.75, 3.05) is 10.4 Å². The number of hydrazine groups is 1. The average Bonchev–Trinajstić information content (AvgIpc) is 2.86. The first-order chi connectivity index (χ1) is 17.8. The molecule has 20 heteroatoms. The third-order valence-corrected chi connectivity index (χ3v) is 4.78. The molecule has 20 nitrogen and oxygen atoms in total. The lowest BCUT2D eigenvalue weighted by atomic mass is 10.1. The Balaban J connectivity index is 2.57. The van der Waals surface area contributed by atoms with Gasteiger partial charge in [-0.3, -0.25) is 66.1 Å². The number of nitrogens with zero attached hydrogens (tertiary/aromatic N) is 7. The largest absolute Gasteiger partial charge is 0.308 e. The molecular formula is C18H10N8O12. The molecule has 0 amide bonds. The number of nitro groups is 6. The van der Waals surface area contributed by atoms with Crippen molar-refractivity contribution in [1.82, 2.24) is 0 Å². The highest BCUT2D eigenvalue weighted by Gasteiger charge is 2.42. The Hall–Kier alpha value is -6.34. The summed E-state index contributed by atoms with van der Waals surface area (Å²) < 4.78 is 0. The van der Waals surface area contributed by atoms with E-state index in [4.69, 9.17) is 0 Å². The molecule has 0 aromatic heterocycles. The molecule has 0 fully saturated rings. The van der Waals surface area contributed by atoms with Crippen LogP contribution >= 0.6 is 0 Å². The number of hydrogen-bond acceptors (Lipinski definition) is 14.